The molecule has 141 heavy (non-hydrogen) atoms. The van der Waals surface area contributed by atoms with Gasteiger partial charge in [0.25, 0.3) is 0 Å². The minimum atomic E-state index is -1.37. The van der Waals surface area contributed by atoms with Crippen molar-refractivity contribution in [3.63, 3.8) is 0 Å². The van der Waals surface area contributed by atoms with Crippen molar-refractivity contribution in [2.24, 2.45) is 5.92 Å². The largest absolute Gasteiger partial charge is 2.00 e. The van der Waals surface area contributed by atoms with Gasteiger partial charge in [0, 0.05) is 111 Å². The smallest absolute Gasteiger partial charge is 1.00 e. The summed E-state index contributed by atoms with van der Waals surface area (Å²) in [5.74, 6) is -5.14. The maximum atomic E-state index is 14.0. The molecule has 0 amide bonds. The number of rotatable bonds is 14. The Kier molecular flexibility index (Phi) is 62.8. The number of hydrogen-bond donors (Lipinski definition) is 12. The molecule has 8 aromatic carbocycles. The van der Waals surface area contributed by atoms with E-state index >= 15 is 0 Å². The summed E-state index contributed by atoms with van der Waals surface area (Å²) in [7, 11) is 5.98. The van der Waals surface area contributed by atoms with Crippen molar-refractivity contribution in [2.45, 2.75) is 83.6 Å². The number of nitro benzene ring substituents is 2. The second kappa shape index (κ2) is 66.2. The van der Waals surface area contributed by atoms with Gasteiger partial charge >= 0.3 is 40.4 Å². The number of aliphatic hydroxyl groups is 3. The first-order valence-corrected chi connectivity index (χ1v) is 47.3. The molecular formula is C84H92BrCl11F8I3MgN21O12. The minimum absolute atomic E-state index is 0. The number of alkyl halides is 4. The van der Waals surface area contributed by atoms with E-state index < -0.39 is 90.5 Å². The number of anilines is 11. The van der Waals surface area contributed by atoms with Crippen LogP contribution in [0.5, 0.6) is 11.5 Å². The summed E-state index contributed by atoms with van der Waals surface area (Å²) < 4.78 is 126. The van der Waals surface area contributed by atoms with Gasteiger partial charge < -0.3 is 114 Å². The number of nitrogens with two attached hydrogens (primary N) is 5. The van der Waals surface area contributed by atoms with Crippen molar-refractivity contribution in [1.29, 1.82) is 0 Å². The number of ether oxygens (including phenoxy) is 4. The molecule has 17 N–H and O–H groups in total. The molecule has 0 bridgehead atoms. The van der Waals surface area contributed by atoms with E-state index in [2.05, 4.69) is 133 Å². The third-order valence-electron chi connectivity index (χ3n) is 17.4. The Morgan fingerprint density at radius 1 is 0.518 bits per heavy atom. The summed E-state index contributed by atoms with van der Waals surface area (Å²) in [6, 6.07) is 20.7. The molecule has 0 spiro atoms. The van der Waals surface area contributed by atoms with Gasteiger partial charge in [-0.15, -0.1) is 23.2 Å². The normalized spacial score (nSPS) is 12.8. The molecule has 0 saturated carbocycles. The van der Waals surface area contributed by atoms with E-state index in [4.69, 9.17) is 166 Å². The number of nitrogens with one attached hydrogen (secondary N) is 4. The maximum Gasteiger partial charge on any atom is 2.00 e. The molecular weight excluding hydrogens is 2520 g/mol. The average Bonchev–Trinajstić information content (AvgIpc) is 1.71. The van der Waals surface area contributed by atoms with E-state index in [1.807, 2.05) is 22.6 Å². The Bertz CT molecular complexity index is 5790. The van der Waals surface area contributed by atoms with Gasteiger partial charge in [-0.2, -0.15) is 23.7 Å². The van der Waals surface area contributed by atoms with E-state index in [1.54, 1.807) is 33.8 Å². The summed E-state index contributed by atoms with van der Waals surface area (Å²) in [6.45, 7) is 15.1. The number of nitrogen functional groups attached to an aromatic ring is 5. The molecule has 2 atom stereocenters. The van der Waals surface area contributed by atoms with Crippen LogP contribution in [-0.4, -0.2) is 179 Å². The number of hydrogen-bond acceptors (Lipinski definition) is 31. The van der Waals surface area contributed by atoms with Crippen molar-refractivity contribution >= 4 is 299 Å². The van der Waals surface area contributed by atoms with Crippen LogP contribution in [0.4, 0.5) is 110 Å². The molecule has 11 aromatic rings. The number of fused-ring (bicyclic) bond motifs is 1. The molecule has 6 heterocycles. The van der Waals surface area contributed by atoms with Crippen LogP contribution < -0.4 is 76.4 Å². The topological polar surface area (TPSA) is 498 Å². The molecule has 0 aliphatic carbocycles. The number of benzene rings is 8. The zero-order chi connectivity index (χ0) is 105. The van der Waals surface area contributed by atoms with Crippen molar-refractivity contribution in [1.82, 2.24) is 55.1 Å². The number of halogens is 23. The number of carbonyl (C=O) groups excluding carboxylic acids is 1. The van der Waals surface area contributed by atoms with Crippen molar-refractivity contribution in [3.05, 3.63) is 268 Å². The summed E-state index contributed by atoms with van der Waals surface area (Å²) in [4.78, 5) is 66.8. The molecule has 0 radical (unpaired) electrons. The molecule has 0 unspecified atom stereocenters. The zero-order valence-corrected chi connectivity index (χ0v) is 93.7. The van der Waals surface area contributed by atoms with Gasteiger partial charge in [-0.3, -0.25) is 20.2 Å². The Labute approximate surface area is 928 Å². The number of nitro groups is 2. The summed E-state index contributed by atoms with van der Waals surface area (Å²) in [6.07, 6.45) is 7.54. The van der Waals surface area contributed by atoms with Crippen LogP contribution in [0.15, 0.2) is 122 Å². The van der Waals surface area contributed by atoms with Crippen LogP contribution in [0.25, 0.3) is 0 Å². The van der Waals surface area contributed by atoms with Gasteiger partial charge in [0.05, 0.1) is 103 Å². The molecule has 3 fully saturated rings. The van der Waals surface area contributed by atoms with Crippen LogP contribution in [0.2, 0.25) is 46.0 Å². The molecule has 33 nitrogen and oxygen atoms in total. The SMILES string of the molecule is C1CCOC1.CC(C)(O)c1cc(Cl)c(F)cc1N.CC(C)(O)c1cc(Cl)c(F)cc1Nc1ncnc(Cl)n1.CN1C[C@H]2CCN[C@H]2C1.COC(=O)c1cc(Cl)c(F)cc1N.COc1cc(F)c([N+](=O)[O-])cc1N.COc1cc(F)c([N+](=O)[O-])cc1Nc1ncnc(Nc2cc(F)c(Cl)cc2C(C)(C)O)n1.ClCCl.Clc1ncnc(Cl)n1.ICI.Nc1cc(F)c(Cl)cc1I.Nc1ccc(Cl)c(F)c1.[Br-].[CH3-].[Mg+2]. The Balaban J connectivity index is 0.00000159. The fourth-order valence-electron chi connectivity index (χ4n) is 11.1. The molecule has 3 aliphatic rings. The number of methoxy groups -OCH3 is 3. The van der Waals surface area contributed by atoms with E-state index in [0.29, 0.717) is 28.2 Å². The molecule has 3 saturated heterocycles. The number of carbonyl (C=O) groups is 1. The fraction of sp³-hybridized carbons (Fsp3) is 0.298. The third kappa shape index (κ3) is 47.5. The predicted molar refractivity (Wildman–Crippen MR) is 563 cm³/mol. The second-order valence-corrected chi connectivity index (χ2v) is 38.9. The Morgan fingerprint density at radius 3 is 1.29 bits per heavy atom. The predicted octanol–water partition coefficient (Wildman–Crippen LogP) is 20.1. The summed E-state index contributed by atoms with van der Waals surface area (Å²) >= 11 is 65.7. The molecule has 3 aliphatic heterocycles. The van der Waals surface area contributed by atoms with Gasteiger partial charge in [-0.1, -0.05) is 115 Å². The van der Waals surface area contributed by atoms with Gasteiger partial charge in [0.2, 0.25) is 45.3 Å². The van der Waals surface area contributed by atoms with Gasteiger partial charge in [0.15, 0.2) is 0 Å². The van der Waals surface area contributed by atoms with E-state index in [1.165, 1.54) is 132 Å². The summed E-state index contributed by atoms with van der Waals surface area (Å²) in [5.41, 5.74) is 24.4. The monoisotopic (exact) mass is 2610 g/mol. The first-order chi connectivity index (χ1) is 64.5. The van der Waals surface area contributed by atoms with E-state index in [0.717, 1.165) is 89.7 Å². The number of likely N-dealkylation sites (N-methyl/N-ethyl adjacent to an activating group) is 1. The Morgan fingerprint density at radius 2 is 0.901 bits per heavy atom. The molecule has 14 rings (SSSR count). The summed E-state index contributed by atoms with van der Waals surface area (Å²) in [5, 5.41) is 63.4. The molecule has 57 heteroatoms. The Hall–Kier alpha value is -7.11. The van der Waals surface area contributed by atoms with Crippen LogP contribution >= 0.6 is 195 Å². The van der Waals surface area contributed by atoms with Crippen molar-refractivity contribution < 1.29 is 101 Å². The number of aromatic nitrogens is 9. The fourth-order valence-corrected chi connectivity index (χ4v) is 13.1. The van der Waals surface area contributed by atoms with E-state index in [9.17, 15) is 75.5 Å². The number of esters is 1. The number of likely N-dealkylation sites (tertiary alicyclic amines) is 1. The minimum Gasteiger partial charge on any atom is -1.00 e. The molecule has 3 aromatic heterocycles. The van der Waals surface area contributed by atoms with E-state index in [-0.39, 0.29) is 168 Å². The number of nitrogens with zero attached hydrogens (tertiary/aromatic N) is 12. The zero-order valence-electron chi connectivity index (χ0n) is 75.9. The standard InChI is InChI=1S/C19H17ClF2N6O4.C12H11Cl2FN4O.C9H11ClFNO.C8H7ClFNO2.C7H7FN2O3.C7H14N2.C6H4ClFIN.C6H5ClFN.C4H8O.C3HCl2N3.CH2Cl2.CH2I2.CH3.BrH.Mg/c1-19(2,29)9-4-10(20)11(21)5-13(9)25-17-23-8-24-18(27-17)26-14-7-15(28(30)31)12(22)6-16(14)32-3;1-12(2,20)6-3-7(13)8(15)4-9(6)18-11-17-5-16-10(14)19-11;1-9(2,13)5-3-6(10)7(11)4-8(5)12;1-13-8(12)4-2-5(9)6(10)3-7(4)11;1-13-7-2-4(8)6(10(11)12)3-5(7)9;1-9-4-6-2-3-8-7(6)5-9;7-3-1-5(9)6(10)2-4(3)8;7-5-2-1-4(9)3-6(5)8;1-2-4-5-3-1;4-2-6-1-7-3(5)8-2;2*2-1-3;;;/h4-8,29H,1-3H3,(H2,23,24,25,26,27);3-5,20H,1-2H3,(H,16,17,18,19);3-4,13H,12H2,1-2H3;2-3H,11H2,1H3;2-3H,9H2,1H3;6-8H,2-5H2,1H3;1-2H,10H2;1-3H,9H2;1-4H2;1H;2*1H2;1H3;1H;/q;;;;;;;;;;;;-1;;+2/p-1/t;;;;;6-,7+;;;;;;;;;/m.....1........./s1. The van der Waals surface area contributed by atoms with Crippen LogP contribution in [0, 0.1) is 83.7 Å². The first-order valence-electron chi connectivity index (χ1n) is 38.7. The average molecular weight is 2610 g/mol. The third-order valence-corrected chi connectivity index (χ3v) is 20.6. The second-order valence-electron chi connectivity index (χ2n) is 29.0. The van der Waals surface area contributed by atoms with Gasteiger partial charge in [0.1, 0.15) is 65.4 Å². The first kappa shape index (κ1) is 134. The van der Waals surface area contributed by atoms with Gasteiger partial charge in [-0.25, -0.2) is 61.0 Å². The van der Waals surface area contributed by atoms with Crippen molar-refractivity contribution in [3.8, 4) is 11.5 Å². The van der Waals surface area contributed by atoms with Crippen LogP contribution in [0.3, 0.4) is 0 Å². The van der Waals surface area contributed by atoms with Crippen LogP contribution in [-0.2, 0) is 26.3 Å². The van der Waals surface area contributed by atoms with Crippen LogP contribution in [0.1, 0.15) is 87.9 Å². The maximum absolute atomic E-state index is 14.0. The molecule has 768 valence electrons. The van der Waals surface area contributed by atoms with Gasteiger partial charge in [-0.05, 0) is 217 Å². The van der Waals surface area contributed by atoms with Crippen molar-refractivity contribution in [2.75, 3.05) is 114 Å². The quantitative estimate of drug-likeness (QED) is 0.00460.